The van der Waals surface area contributed by atoms with E-state index in [0.717, 1.165) is 17.3 Å². The SMILES string of the molecule is O=C(CN1C(=O)C(=O)c2ccc(Br)cc21)NCC1CC1. The minimum Gasteiger partial charge on any atom is -0.354 e. The van der Waals surface area contributed by atoms with Gasteiger partial charge in [-0.25, -0.2) is 0 Å². The lowest BCUT2D eigenvalue weighted by molar-refractivity contribution is -0.122. The minimum absolute atomic E-state index is 0.110. The highest BCUT2D eigenvalue weighted by Crippen LogP contribution is 2.31. The maximum atomic E-state index is 11.9. The maximum absolute atomic E-state index is 11.9. The molecule has 0 bridgehead atoms. The third-order valence-corrected chi connectivity index (χ3v) is 4.01. The number of halogens is 1. The zero-order chi connectivity index (χ0) is 14.3. The Morgan fingerprint density at radius 2 is 2.10 bits per heavy atom. The lowest BCUT2D eigenvalue weighted by Crippen LogP contribution is -2.40. The number of carbonyl (C=O) groups is 3. The number of carbonyl (C=O) groups excluding carboxylic acids is 3. The fraction of sp³-hybridized carbons (Fsp3) is 0.357. The van der Waals surface area contributed by atoms with Gasteiger partial charge in [-0.05, 0) is 37.0 Å². The largest absolute Gasteiger partial charge is 0.354 e. The lowest BCUT2D eigenvalue weighted by atomic mass is 10.1. The molecule has 1 fully saturated rings. The van der Waals surface area contributed by atoms with E-state index >= 15 is 0 Å². The number of fused-ring (bicyclic) bond motifs is 1. The first kappa shape index (κ1) is 13.3. The average Bonchev–Trinajstić information content (AvgIpc) is 3.21. The molecule has 0 aromatic heterocycles. The first-order valence-electron chi connectivity index (χ1n) is 6.48. The van der Waals surface area contributed by atoms with Crippen LogP contribution in [0.25, 0.3) is 0 Å². The molecule has 6 heteroatoms. The summed E-state index contributed by atoms with van der Waals surface area (Å²) in [5, 5.41) is 2.80. The number of Topliss-reactive ketones (excluding diaryl/α,β-unsaturated/α-hetero) is 1. The van der Waals surface area contributed by atoms with Crippen molar-refractivity contribution >= 4 is 39.2 Å². The van der Waals surface area contributed by atoms with Gasteiger partial charge in [-0.3, -0.25) is 19.3 Å². The van der Waals surface area contributed by atoms with Crippen LogP contribution in [0.15, 0.2) is 22.7 Å². The number of benzene rings is 1. The molecule has 0 spiro atoms. The molecule has 1 saturated carbocycles. The molecule has 20 heavy (non-hydrogen) atoms. The number of anilines is 1. The standard InChI is InChI=1S/C14H13BrN2O3/c15-9-3-4-10-11(5-9)17(14(20)13(10)19)7-12(18)16-6-8-1-2-8/h3-5,8H,1-2,6-7H2,(H,16,18). The molecule has 1 N–H and O–H groups in total. The van der Waals surface area contributed by atoms with E-state index in [0.29, 0.717) is 23.7 Å². The smallest absolute Gasteiger partial charge is 0.299 e. The number of nitrogens with one attached hydrogen (secondary N) is 1. The highest BCUT2D eigenvalue weighted by atomic mass is 79.9. The van der Waals surface area contributed by atoms with Gasteiger partial charge >= 0.3 is 0 Å². The highest BCUT2D eigenvalue weighted by Gasteiger charge is 2.37. The fourth-order valence-electron chi connectivity index (χ4n) is 2.20. The molecule has 0 radical (unpaired) electrons. The molecule has 0 unspecified atom stereocenters. The zero-order valence-electron chi connectivity index (χ0n) is 10.7. The van der Waals surface area contributed by atoms with Crippen molar-refractivity contribution < 1.29 is 14.4 Å². The molecule has 104 valence electrons. The highest BCUT2D eigenvalue weighted by molar-refractivity contribution is 9.10. The second-order valence-electron chi connectivity index (χ2n) is 5.13. The van der Waals surface area contributed by atoms with Crippen LogP contribution in [0.5, 0.6) is 0 Å². The van der Waals surface area contributed by atoms with Gasteiger partial charge in [0.25, 0.3) is 11.7 Å². The molecule has 1 aliphatic heterocycles. The van der Waals surface area contributed by atoms with Gasteiger partial charge in [0.2, 0.25) is 5.91 Å². The molecule has 0 atom stereocenters. The summed E-state index contributed by atoms with van der Waals surface area (Å²) in [4.78, 5) is 36.9. The van der Waals surface area contributed by atoms with Crippen LogP contribution in [0.1, 0.15) is 23.2 Å². The van der Waals surface area contributed by atoms with E-state index < -0.39 is 11.7 Å². The fourth-order valence-corrected chi connectivity index (χ4v) is 2.55. The van der Waals surface area contributed by atoms with Crippen LogP contribution in [0, 0.1) is 5.92 Å². The summed E-state index contributed by atoms with van der Waals surface area (Å²) in [6.07, 6.45) is 2.30. The quantitative estimate of drug-likeness (QED) is 0.847. The maximum Gasteiger partial charge on any atom is 0.299 e. The van der Waals surface area contributed by atoms with E-state index in [2.05, 4.69) is 21.2 Å². The van der Waals surface area contributed by atoms with Crippen molar-refractivity contribution in [2.45, 2.75) is 12.8 Å². The Kier molecular flexibility index (Phi) is 3.33. The molecule has 1 aromatic carbocycles. The van der Waals surface area contributed by atoms with Gasteiger partial charge in [0.1, 0.15) is 6.54 Å². The normalized spacial score (nSPS) is 17.4. The number of ketones is 1. The molecule has 3 rings (SSSR count). The van der Waals surface area contributed by atoms with E-state index in [-0.39, 0.29) is 12.5 Å². The molecule has 1 aromatic rings. The summed E-state index contributed by atoms with van der Waals surface area (Å²) in [5.41, 5.74) is 0.851. The van der Waals surface area contributed by atoms with Crippen LogP contribution in [0.3, 0.4) is 0 Å². The Labute approximate surface area is 124 Å². The molecule has 1 aliphatic carbocycles. The Morgan fingerprint density at radius 3 is 2.80 bits per heavy atom. The van der Waals surface area contributed by atoms with Crippen molar-refractivity contribution in [2.75, 3.05) is 18.0 Å². The zero-order valence-corrected chi connectivity index (χ0v) is 12.3. The Morgan fingerprint density at radius 1 is 1.35 bits per heavy atom. The van der Waals surface area contributed by atoms with Crippen molar-refractivity contribution in [1.82, 2.24) is 5.32 Å². The first-order valence-corrected chi connectivity index (χ1v) is 7.28. The van der Waals surface area contributed by atoms with Gasteiger partial charge in [0.15, 0.2) is 0 Å². The number of hydrogen-bond donors (Lipinski definition) is 1. The van der Waals surface area contributed by atoms with E-state index in [9.17, 15) is 14.4 Å². The van der Waals surface area contributed by atoms with Gasteiger partial charge in [-0.15, -0.1) is 0 Å². The predicted molar refractivity (Wildman–Crippen MR) is 76.6 cm³/mol. The number of rotatable bonds is 4. The summed E-state index contributed by atoms with van der Waals surface area (Å²) >= 11 is 3.31. The van der Waals surface area contributed by atoms with Crippen LogP contribution in [-0.2, 0) is 9.59 Å². The van der Waals surface area contributed by atoms with Gasteiger partial charge in [0, 0.05) is 11.0 Å². The number of nitrogens with zero attached hydrogens (tertiary/aromatic N) is 1. The lowest BCUT2D eigenvalue weighted by Gasteiger charge is -2.16. The molecule has 2 aliphatic rings. The molecular formula is C14H13BrN2O3. The molecule has 2 amide bonds. The molecule has 1 heterocycles. The van der Waals surface area contributed by atoms with Gasteiger partial charge < -0.3 is 5.32 Å². The van der Waals surface area contributed by atoms with Crippen molar-refractivity contribution in [3.05, 3.63) is 28.2 Å². The second kappa shape index (κ2) is 5.01. The summed E-state index contributed by atoms with van der Waals surface area (Å²) in [6, 6.07) is 4.99. The van der Waals surface area contributed by atoms with Crippen LogP contribution >= 0.6 is 15.9 Å². The van der Waals surface area contributed by atoms with Gasteiger partial charge in [-0.2, -0.15) is 0 Å². The van der Waals surface area contributed by atoms with Crippen LogP contribution in [-0.4, -0.2) is 30.7 Å². The van der Waals surface area contributed by atoms with E-state index in [1.165, 1.54) is 4.90 Å². The minimum atomic E-state index is -0.639. The van der Waals surface area contributed by atoms with Gasteiger partial charge in [-0.1, -0.05) is 15.9 Å². The summed E-state index contributed by atoms with van der Waals surface area (Å²) in [7, 11) is 0. The predicted octanol–water partition coefficient (Wildman–Crippen LogP) is 1.50. The average molecular weight is 337 g/mol. The van der Waals surface area contributed by atoms with E-state index in [1.54, 1.807) is 18.2 Å². The third-order valence-electron chi connectivity index (χ3n) is 3.52. The van der Waals surface area contributed by atoms with Crippen molar-refractivity contribution in [2.24, 2.45) is 5.92 Å². The summed E-state index contributed by atoms with van der Waals surface area (Å²) < 4.78 is 0.766. The van der Waals surface area contributed by atoms with Crippen molar-refractivity contribution in [3.63, 3.8) is 0 Å². The molecule has 5 nitrogen and oxygen atoms in total. The van der Waals surface area contributed by atoms with Crippen LogP contribution < -0.4 is 10.2 Å². The summed E-state index contributed by atoms with van der Waals surface area (Å²) in [5.74, 6) is -0.843. The Balaban J connectivity index is 1.75. The monoisotopic (exact) mass is 336 g/mol. The first-order chi connectivity index (χ1) is 9.56. The van der Waals surface area contributed by atoms with Crippen LogP contribution in [0.2, 0.25) is 0 Å². The Hall–Kier alpha value is -1.69. The van der Waals surface area contributed by atoms with Crippen LogP contribution in [0.4, 0.5) is 5.69 Å². The molecular weight excluding hydrogens is 324 g/mol. The number of amides is 2. The summed E-state index contributed by atoms with van der Waals surface area (Å²) in [6.45, 7) is 0.543. The molecule has 0 saturated heterocycles. The van der Waals surface area contributed by atoms with Crippen molar-refractivity contribution in [3.8, 4) is 0 Å². The Bertz CT molecular complexity index is 610. The second-order valence-corrected chi connectivity index (χ2v) is 6.05. The van der Waals surface area contributed by atoms with Gasteiger partial charge in [0.05, 0.1) is 11.3 Å². The van der Waals surface area contributed by atoms with E-state index in [1.807, 2.05) is 0 Å². The number of hydrogen-bond acceptors (Lipinski definition) is 3. The van der Waals surface area contributed by atoms with E-state index in [4.69, 9.17) is 0 Å². The topological polar surface area (TPSA) is 66.5 Å². The van der Waals surface area contributed by atoms with Crippen molar-refractivity contribution in [1.29, 1.82) is 0 Å². The third kappa shape index (κ3) is 2.47.